The number of hydrogen-bond donors (Lipinski definition) is 1. The van der Waals surface area contributed by atoms with Crippen LogP contribution in [0.2, 0.25) is 0 Å². The summed E-state index contributed by atoms with van der Waals surface area (Å²) in [5.74, 6) is 0.791. The molecule has 160 valence electrons. The molecule has 2 heterocycles. The minimum atomic E-state index is -0.928. The van der Waals surface area contributed by atoms with Gasteiger partial charge in [-0.25, -0.2) is 4.79 Å². The van der Waals surface area contributed by atoms with Gasteiger partial charge in [0.2, 0.25) is 0 Å². The number of carbonyl (C=O) groups is 1. The van der Waals surface area contributed by atoms with Crippen molar-refractivity contribution in [2.75, 3.05) is 0 Å². The first-order valence-corrected chi connectivity index (χ1v) is 10.7. The summed E-state index contributed by atoms with van der Waals surface area (Å²) in [6.45, 7) is 6.31. The normalized spacial score (nSPS) is 25.8. The Kier molecular flexibility index (Phi) is 5.49. The number of fused-ring (bicyclic) bond motifs is 2. The minimum absolute atomic E-state index is 0.00234. The van der Waals surface area contributed by atoms with Gasteiger partial charge >= 0.3 is 6.09 Å². The van der Waals surface area contributed by atoms with Gasteiger partial charge in [0.25, 0.3) is 0 Å². The lowest BCUT2D eigenvalue weighted by Crippen LogP contribution is -2.52. The number of carbonyl (C=O) groups excluding carboxylic acids is 1. The molecule has 0 spiro atoms. The summed E-state index contributed by atoms with van der Waals surface area (Å²) in [7, 11) is 0. The molecular formula is C25H31NO4. The molecule has 0 aliphatic carbocycles. The van der Waals surface area contributed by atoms with Crippen LogP contribution in [0.1, 0.15) is 57.6 Å². The van der Waals surface area contributed by atoms with E-state index in [1.165, 1.54) is 0 Å². The number of hydrogen-bond acceptors (Lipinski definition) is 4. The maximum atomic E-state index is 12.8. The Morgan fingerprint density at radius 2 is 1.63 bits per heavy atom. The van der Waals surface area contributed by atoms with Crippen molar-refractivity contribution >= 4 is 6.09 Å². The Bertz CT molecular complexity index is 858. The molecule has 1 amide bonds. The van der Waals surface area contributed by atoms with Gasteiger partial charge in [0, 0.05) is 24.9 Å². The van der Waals surface area contributed by atoms with Gasteiger partial charge in [-0.1, -0.05) is 42.5 Å². The van der Waals surface area contributed by atoms with Crippen molar-refractivity contribution in [3.63, 3.8) is 0 Å². The monoisotopic (exact) mass is 409 g/mol. The SMILES string of the molecule is CC(C)(C)Oc1ccc(C2(O)CC3CCC(C2)N3C(=O)OCc2ccccc2)cc1. The molecule has 2 aliphatic heterocycles. The molecule has 0 saturated carbocycles. The van der Waals surface area contributed by atoms with E-state index in [1.807, 2.05) is 80.3 Å². The Balaban J connectivity index is 1.42. The van der Waals surface area contributed by atoms with Gasteiger partial charge in [0.15, 0.2) is 0 Å². The summed E-state index contributed by atoms with van der Waals surface area (Å²) in [5.41, 5.74) is 0.674. The maximum Gasteiger partial charge on any atom is 0.410 e. The highest BCUT2D eigenvalue weighted by Crippen LogP contribution is 2.46. The molecule has 2 aromatic rings. The first-order valence-electron chi connectivity index (χ1n) is 10.7. The Morgan fingerprint density at radius 1 is 1.03 bits per heavy atom. The van der Waals surface area contributed by atoms with Crippen LogP contribution in [0.25, 0.3) is 0 Å². The quantitative estimate of drug-likeness (QED) is 0.771. The van der Waals surface area contributed by atoms with Crippen LogP contribution in [0.4, 0.5) is 4.79 Å². The minimum Gasteiger partial charge on any atom is -0.488 e. The molecule has 0 aromatic heterocycles. The Hall–Kier alpha value is -2.53. The second-order valence-corrected chi connectivity index (χ2v) is 9.51. The standard InChI is InChI=1S/C25H31NO4/c1-24(2,3)30-22-13-9-19(10-14-22)25(28)15-20-11-12-21(16-25)26(20)23(27)29-17-18-7-5-4-6-8-18/h4-10,13-14,20-21,28H,11-12,15-17H2,1-3H3. The Morgan fingerprint density at radius 3 is 2.20 bits per heavy atom. The molecule has 2 aliphatic rings. The molecule has 2 fully saturated rings. The molecule has 2 bridgehead atoms. The second-order valence-electron chi connectivity index (χ2n) is 9.51. The first kappa shape index (κ1) is 20.7. The van der Waals surface area contributed by atoms with Crippen molar-refractivity contribution in [3.05, 3.63) is 65.7 Å². The van der Waals surface area contributed by atoms with Crippen molar-refractivity contribution in [3.8, 4) is 5.75 Å². The summed E-state index contributed by atoms with van der Waals surface area (Å²) in [5, 5.41) is 11.4. The lowest BCUT2D eigenvalue weighted by molar-refractivity contribution is -0.0537. The fraction of sp³-hybridized carbons (Fsp3) is 0.480. The van der Waals surface area contributed by atoms with E-state index in [-0.39, 0.29) is 30.4 Å². The van der Waals surface area contributed by atoms with Crippen LogP contribution in [-0.2, 0) is 16.9 Å². The van der Waals surface area contributed by atoms with Crippen LogP contribution in [0, 0.1) is 0 Å². The summed E-state index contributed by atoms with van der Waals surface area (Å²) in [6, 6.07) is 17.4. The average Bonchev–Trinajstić information content (AvgIpc) is 2.98. The fourth-order valence-corrected chi connectivity index (χ4v) is 4.74. The molecular weight excluding hydrogens is 378 g/mol. The highest BCUT2D eigenvalue weighted by molar-refractivity contribution is 5.69. The van der Waals surface area contributed by atoms with Crippen LogP contribution >= 0.6 is 0 Å². The summed E-state index contributed by atoms with van der Waals surface area (Å²) in [6.07, 6.45) is 2.59. The molecule has 4 rings (SSSR count). The van der Waals surface area contributed by atoms with Crippen LogP contribution < -0.4 is 4.74 Å². The summed E-state index contributed by atoms with van der Waals surface area (Å²) >= 11 is 0. The number of ether oxygens (including phenoxy) is 2. The van der Waals surface area contributed by atoms with Crippen molar-refractivity contribution < 1.29 is 19.4 Å². The number of nitrogens with zero attached hydrogens (tertiary/aromatic N) is 1. The number of rotatable bonds is 4. The van der Waals surface area contributed by atoms with E-state index in [2.05, 4.69) is 0 Å². The fourth-order valence-electron chi connectivity index (χ4n) is 4.74. The molecule has 30 heavy (non-hydrogen) atoms. The van der Waals surface area contributed by atoms with Crippen LogP contribution in [0.5, 0.6) is 5.75 Å². The highest BCUT2D eigenvalue weighted by Gasteiger charge is 2.50. The zero-order valence-electron chi connectivity index (χ0n) is 18.0. The van der Waals surface area contributed by atoms with Crippen LogP contribution in [-0.4, -0.2) is 33.8 Å². The molecule has 2 saturated heterocycles. The smallest absolute Gasteiger partial charge is 0.410 e. The third kappa shape index (κ3) is 4.46. The third-order valence-electron chi connectivity index (χ3n) is 6.00. The number of piperidine rings is 1. The second kappa shape index (κ2) is 7.95. The van der Waals surface area contributed by atoms with E-state index < -0.39 is 5.60 Å². The Labute approximate surface area is 178 Å². The highest BCUT2D eigenvalue weighted by atomic mass is 16.6. The first-order chi connectivity index (χ1) is 14.2. The zero-order chi connectivity index (χ0) is 21.4. The third-order valence-corrected chi connectivity index (χ3v) is 6.00. The number of benzene rings is 2. The van der Waals surface area contributed by atoms with Gasteiger partial charge in [0.1, 0.15) is 18.0 Å². The van der Waals surface area contributed by atoms with Gasteiger partial charge in [-0.2, -0.15) is 0 Å². The average molecular weight is 410 g/mol. The van der Waals surface area contributed by atoms with E-state index in [9.17, 15) is 9.90 Å². The molecule has 5 nitrogen and oxygen atoms in total. The van der Waals surface area contributed by atoms with E-state index in [4.69, 9.17) is 9.47 Å². The van der Waals surface area contributed by atoms with Gasteiger partial charge in [0.05, 0.1) is 5.60 Å². The molecule has 0 radical (unpaired) electrons. The topological polar surface area (TPSA) is 59.0 Å². The van der Waals surface area contributed by atoms with Crippen molar-refractivity contribution in [2.24, 2.45) is 0 Å². The van der Waals surface area contributed by atoms with E-state index in [1.54, 1.807) is 0 Å². The van der Waals surface area contributed by atoms with Crippen LogP contribution in [0.15, 0.2) is 54.6 Å². The molecule has 2 aromatic carbocycles. The van der Waals surface area contributed by atoms with E-state index >= 15 is 0 Å². The predicted molar refractivity (Wildman–Crippen MR) is 115 cm³/mol. The maximum absolute atomic E-state index is 12.8. The van der Waals surface area contributed by atoms with Gasteiger partial charge in [-0.3, -0.25) is 0 Å². The summed E-state index contributed by atoms with van der Waals surface area (Å²) in [4.78, 5) is 14.6. The van der Waals surface area contributed by atoms with Crippen LogP contribution in [0.3, 0.4) is 0 Å². The van der Waals surface area contributed by atoms with Crippen molar-refractivity contribution in [1.82, 2.24) is 4.90 Å². The van der Waals surface area contributed by atoms with Gasteiger partial charge in [-0.15, -0.1) is 0 Å². The zero-order valence-corrected chi connectivity index (χ0v) is 18.0. The number of aliphatic hydroxyl groups is 1. The van der Waals surface area contributed by atoms with Gasteiger partial charge < -0.3 is 19.5 Å². The molecule has 5 heteroatoms. The predicted octanol–water partition coefficient (Wildman–Crippen LogP) is 5.02. The largest absolute Gasteiger partial charge is 0.488 e. The van der Waals surface area contributed by atoms with E-state index in [0.717, 1.165) is 29.7 Å². The van der Waals surface area contributed by atoms with Gasteiger partial charge in [-0.05, 0) is 56.9 Å². The molecule has 1 N–H and O–H groups in total. The molecule has 2 atom stereocenters. The summed E-state index contributed by atoms with van der Waals surface area (Å²) < 4.78 is 11.5. The molecule has 2 unspecified atom stereocenters. The van der Waals surface area contributed by atoms with E-state index in [0.29, 0.717) is 12.8 Å². The lowest BCUT2D eigenvalue weighted by atomic mass is 9.80. The lowest BCUT2D eigenvalue weighted by Gasteiger charge is -2.43. The van der Waals surface area contributed by atoms with Crippen molar-refractivity contribution in [2.45, 2.75) is 76.3 Å². The van der Waals surface area contributed by atoms with Crippen molar-refractivity contribution in [1.29, 1.82) is 0 Å². The number of amides is 1.